The number of unbranched alkanes of at least 4 members (excludes halogenated alkanes) is 13. The van der Waals surface area contributed by atoms with E-state index in [4.69, 9.17) is 5.73 Å². The standard InChI is InChI=1S/C32H53N.ClH/c1-4-7-8-9-10-11-12-13-14-15-16-17-18-19-27-31(32(33,5-2)6-3)30-26-22-24-28-23-20-21-25-29(28)30;/h20-26,31H,4-19,27,33H2,1-3H3;1H. The smallest absolute Gasteiger partial charge is 0.0218 e. The number of benzene rings is 2. The Morgan fingerprint density at radius 2 is 1.09 bits per heavy atom. The van der Waals surface area contributed by atoms with Gasteiger partial charge in [-0.15, -0.1) is 12.4 Å². The van der Waals surface area contributed by atoms with Crippen LogP contribution in [0.3, 0.4) is 0 Å². The fourth-order valence-electron chi connectivity index (χ4n) is 5.59. The SMILES string of the molecule is CCCCCCCCCCCCCCCCC(c1cccc2ccccc12)C(N)(CC)CC.Cl. The molecule has 2 N–H and O–H groups in total. The van der Waals surface area contributed by atoms with Crippen LogP contribution in [0.2, 0.25) is 0 Å². The van der Waals surface area contributed by atoms with Crippen molar-refractivity contribution in [2.45, 2.75) is 141 Å². The van der Waals surface area contributed by atoms with Gasteiger partial charge in [0.15, 0.2) is 0 Å². The molecule has 0 aliphatic rings. The van der Waals surface area contributed by atoms with Crippen LogP contribution in [-0.4, -0.2) is 5.54 Å². The van der Waals surface area contributed by atoms with Gasteiger partial charge in [-0.3, -0.25) is 0 Å². The second kappa shape index (κ2) is 18.3. The largest absolute Gasteiger partial charge is 0.325 e. The van der Waals surface area contributed by atoms with Crippen LogP contribution in [0.4, 0.5) is 0 Å². The minimum atomic E-state index is -0.110. The van der Waals surface area contributed by atoms with E-state index in [9.17, 15) is 0 Å². The summed E-state index contributed by atoms with van der Waals surface area (Å²) in [6.07, 6.45) is 23.1. The monoisotopic (exact) mass is 487 g/mol. The van der Waals surface area contributed by atoms with Gasteiger partial charge in [-0.05, 0) is 35.6 Å². The Morgan fingerprint density at radius 3 is 1.62 bits per heavy atom. The predicted molar refractivity (Wildman–Crippen MR) is 156 cm³/mol. The van der Waals surface area contributed by atoms with E-state index in [1.807, 2.05) is 0 Å². The maximum atomic E-state index is 7.02. The zero-order chi connectivity index (χ0) is 23.8. The Bertz CT molecular complexity index is 746. The van der Waals surface area contributed by atoms with Gasteiger partial charge in [-0.2, -0.15) is 0 Å². The topological polar surface area (TPSA) is 26.0 Å². The van der Waals surface area contributed by atoms with Crippen molar-refractivity contribution in [1.82, 2.24) is 0 Å². The van der Waals surface area contributed by atoms with Gasteiger partial charge in [0.1, 0.15) is 0 Å². The third-order valence-electron chi connectivity index (χ3n) is 8.06. The molecular formula is C32H54ClN. The number of fused-ring (bicyclic) bond motifs is 1. The van der Waals surface area contributed by atoms with E-state index < -0.39 is 0 Å². The molecule has 2 heteroatoms. The first-order valence-electron chi connectivity index (χ1n) is 14.4. The van der Waals surface area contributed by atoms with E-state index in [0.717, 1.165) is 12.8 Å². The van der Waals surface area contributed by atoms with Crippen LogP contribution < -0.4 is 5.73 Å². The summed E-state index contributed by atoms with van der Waals surface area (Å²) in [6, 6.07) is 15.6. The van der Waals surface area contributed by atoms with E-state index in [0.29, 0.717) is 5.92 Å². The van der Waals surface area contributed by atoms with Crippen LogP contribution in [0.25, 0.3) is 10.8 Å². The molecule has 0 spiro atoms. The fraction of sp³-hybridized carbons (Fsp3) is 0.688. The van der Waals surface area contributed by atoms with Crippen molar-refractivity contribution in [2.24, 2.45) is 5.73 Å². The number of hydrogen-bond acceptors (Lipinski definition) is 1. The van der Waals surface area contributed by atoms with Crippen LogP contribution in [0.15, 0.2) is 42.5 Å². The normalized spacial score (nSPS) is 12.6. The summed E-state index contributed by atoms with van der Waals surface area (Å²) in [7, 11) is 0. The minimum Gasteiger partial charge on any atom is -0.325 e. The Hall–Kier alpha value is -1.05. The van der Waals surface area contributed by atoms with Gasteiger partial charge in [0.2, 0.25) is 0 Å². The van der Waals surface area contributed by atoms with Gasteiger partial charge in [0, 0.05) is 11.5 Å². The zero-order valence-electron chi connectivity index (χ0n) is 22.6. The molecular weight excluding hydrogens is 434 g/mol. The molecule has 0 bridgehead atoms. The van der Waals surface area contributed by atoms with Crippen molar-refractivity contribution in [3.05, 3.63) is 48.0 Å². The maximum Gasteiger partial charge on any atom is 0.0218 e. The lowest BCUT2D eigenvalue weighted by Gasteiger charge is -2.37. The third kappa shape index (κ3) is 10.3. The van der Waals surface area contributed by atoms with Gasteiger partial charge in [-0.1, -0.05) is 153 Å². The molecule has 0 radical (unpaired) electrons. The average molecular weight is 488 g/mol. The van der Waals surface area contributed by atoms with Gasteiger partial charge in [0.05, 0.1) is 0 Å². The molecule has 2 rings (SSSR count). The van der Waals surface area contributed by atoms with Crippen LogP contribution in [0.1, 0.15) is 141 Å². The van der Waals surface area contributed by atoms with E-state index >= 15 is 0 Å². The molecule has 0 aromatic heterocycles. The summed E-state index contributed by atoms with van der Waals surface area (Å²) >= 11 is 0. The van der Waals surface area contributed by atoms with Crippen LogP contribution in [-0.2, 0) is 0 Å². The molecule has 0 heterocycles. The van der Waals surface area contributed by atoms with Crippen LogP contribution in [0, 0.1) is 0 Å². The molecule has 194 valence electrons. The Morgan fingerprint density at radius 1 is 0.618 bits per heavy atom. The number of halogens is 1. The first kappa shape index (κ1) is 31.0. The average Bonchev–Trinajstić information content (AvgIpc) is 2.86. The Kier molecular flexibility index (Phi) is 16.6. The van der Waals surface area contributed by atoms with Gasteiger partial charge in [-0.25, -0.2) is 0 Å². The van der Waals surface area contributed by atoms with Crippen molar-refractivity contribution in [1.29, 1.82) is 0 Å². The summed E-state index contributed by atoms with van der Waals surface area (Å²) in [5.41, 5.74) is 8.37. The molecule has 0 saturated heterocycles. The molecule has 34 heavy (non-hydrogen) atoms. The Balaban J connectivity index is 0.00000578. The van der Waals surface area contributed by atoms with Crippen molar-refractivity contribution < 1.29 is 0 Å². The quantitative estimate of drug-likeness (QED) is 0.196. The summed E-state index contributed by atoms with van der Waals surface area (Å²) in [5, 5.41) is 2.74. The Labute approximate surface area is 218 Å². The zero-order valence-corrected chi connectivity index (χ0v) is 23.4. The molecule has 0 aliphatic heterocycles. The predicted octanol–water partition coefficient (Wildman–Crippen LogP) is 10.7. The van der Waals surface area contributed by atoms with Crippen molar-refractivity contribution in [3.63, 3.8) is 0 Å². The number of hydrogen-bond donors (Lipinski definition) is 1. The van der Waals surface area contributed by atoms with E-state index in [1.165, 1.54) is 113 Å². The molecule has 0 fully saturated rings. The molecule has 0 saturated carbocycles. The lowest BCUT2D eigenvalue weighted by molar-refractivity contribution is 0.301. The third-order valence-corrected chi connectivity index (χ3v) is 8.06. The summed E-state index contributed by atoms with van der Waals surface area (Å²) < 4.78 is 0. The second-order valence-electron chi connectivity index (χ2n) is 10.4. The fourth-order valence-corrected chi connectivity index (χ4v) is 5.59. The highest BCUT2D eigenvalue weighted by Gasteiger charge is 2.33. The molecule has 2 aromatic rings. The molecule has 0 aliphatic carbocycles. The van der Waals surface area contributed by atoms with Gasteiger partial charge in [0.25, 0.3) is 0 Å². The highest BCUT2D eigenvalue weighted by molar-refractivity contribution is 5.86. The molecule has 2 aromatic carbocycles. The van der Waals surface area contributed by atoms with Crippen molar-refractivity contribution in [2.75, 3.05) is 0 Å². The first-order valence-corrected chi connectivity index (χ1v) is 14.4. The van der Waals surface area contributed by atoms with E-state index in [2.05, 4.69) is 63.2 Å². The summed E-state index contributed by atoms with van der Waals surface area (Å²) in [4.78, 5) is 0. The number of rotatable bonds is 19. The minimum absolute atomic E-state index is 0. The highest BCUT2D eigenvalue weighted by atomic mass is 35.5. The molecule has 1 atom stereocenters. The number of nitrogens with two attached hydrogens (primary N) is 1. The van der Waals surface area contributed by atoms with Crippen LogP contribution in [0.5, 0.6) is 0 Å². The molecule has 0 amide bonds. The molecule has 1 nitrogen and oxygen atoms in total. The van der Waals surface area contributed by atoms with Gasteiger partial charge >= 0.3 is 0 Å². The molecule has 1 unspecified atom stereocenters. The summed E-state index contributed by atoms with van der Waals surface area (Å²) in [5.74, 6) is 0.441. The van der Waals surface area contributed by atoms with Crippen molar-refractivity contribution >= 4 is 23.2 Å². The van der Waals surface area contributed by atoms with Gasteiger partial charge < -0.3 is 5.73 Å². The van der Waals surface area contributed by atoms with Crippen molar-refractivity contribution in [3.8, 4) is 0 Å². The highest BCUT2D eigenvalue weighted by Crippen LogP contribution is 2.39. The first-order chi connectivity index (χ1) is 16.2. The van der Waals surface area contributed by atoms with E-state index in [1.54, 1.807) is 0 Å². The second-order valence-corrected chi connectivity index (χ2v) is 10.4. The van der Waals surface area contributed by atoms with Crippen LogP contribution >= 0.6 is 12.4 Å². The maximum absolute atomic E-state index is 7.02. The van der Waals surface area contributed by atoms with E-state index in [-0.39, 0.29) is 17.9 Å². The summed E-state index contributed by atoms with van der Waals surface area (Å²) in [6.45, 7) is 6.84. The lowest BCUT2D eigenvalue weighted by Crippen LogP contribution is -2.44. The lowest BCUT2D eigenvalue weighted by atomic mass is 9.72.